The van der Waals surface area contributed by atoms with Crippen molar-refractivity contribution < 1.29 is 19.0 Å². The van der Waals surface area contributed by atoms with Crippen LogP contribution in [0.1, 0.15) is 5.56 Å². The summed E-state index contributed by atoms with van der Waals surface area (Å²) in [7, 11) is 0. The molecule has 1 N–H and O–H groups in total. The first-order valence-electron chi connectivity index (χ1n) is 5.79. The van der Waals surface area contributed by atoms with Gasteiger partial charge in [0, 0.05) is 16.1 Å². The topological polar surface area (TPSA) is 46.5 Å². The van der Waals surface area contributed by atoms with Crippen LogP contribution in [0.15, 0.2) is 46.9 Å². The minimum absolute atomic E-state index is 0.128. The van der Waals surface area contributed by atoms with Crippen LogP contribution in [0.2, 0.25) is 5.02 Å². The lowest BCUT2D eigenvalue weighted by molar-refractivity contribution is -0.131. The van der Waals surface area contributed by atoms with Gasteiger partial charge in [0.25, 0.3) is 0 Å². The highest BCUT2D eigenvalue weighted by atomic mass is 79.9. The van der Waals surface area contributed by atoms with Crippen LogP contribution in [0.4, 0.5) is 4.39 Å². The van der Waals surface area contributed by atoms with E-state index in [1.165, 1.54) is 18.2 Å². The second kappa shape index (κ2) is 6.74. The van der Waals surface area contributed by atoms with Crippen molar-refractivity contribution >= 4 is 39.6 Å². The number of rotatable bonds is 4. The molecule has 3 nitrogen and oxygen atoms in total. The molecular formula is C15H9BrClFO3. The molecule has 0 aliphatic rings. The van der Waals surface area contributed by atoms with E-state index in [2.05, 4.69) is 15.9 Å². The smallest absolute Gasteiger partial charge is 0.328 e. The first kappa shape index (κ1) is 15.5. The van der Waals surface area contributed by atoms with Gasteiger partial charge in [0.15, 0.2) is 0 Å². The Morgan fingerprint density at radius 1 is 1.24 bits per heavy atom. The summed E-state index contributed by atoms with van der Waals surface area (Å²) in [5.74, 6) is -0.854. The van der Waals surface area contributed by atoms with Gasteiger partial charge in [0.1, 0.15) is 17.3 Å². The molecule has 6 heteroatoms. The number of hydrogen-bond donors (Lipinski definition) is 1. The van der Waals surface area contributed by atoms with Crippen molar-refractivity contribution in [3.05, 3.63) is 63.4 Å². The van der Waals surface area contributed by atoms with Crippen LogP contribution in [0.25, 0.3) is 6.08 Å². The highest BCUT2D eigenvalue weighted by Gasteiger charge is 2.08. The Labute approximate surface area is 133 Å². The fourth-order valence-electron chi connectivity index (χ4n) is 1.57. The predicted octanol–water partition coefficient (Wildman–Crippen LogP) is 5.13. The molecule has 0 aliphatic heterocycles. The lowest BCUT2D eigenvalue weighted by Crippen LogP contribution is -1.91. The second-order valence-corrected chi connectivity index (χ2v) is 5.35. The van der Waals surface area contributed by atoms with Gasteiger partial charge in [0.05, 0.1) is 5.02 Å². The molecular weight excluding hydrogens is 363 g/mol. The van der Waals surface area contributed by atoms with Crippen LogP contribution in [0.3, 0.4) is 0 Å². The van der Waals surface area contributed by atoms with Crippen molar-refractivity contribution in [2.45, 2.75) is 0 Å². The van der Waals surface area contributed by atoms with Gasteiger partial charge in [-0.2, -0.15) is 0 Å². The van der Waals surface area contributed by atoms with Crippen molar-refractivity contribution in [1.29, 1.82) is 0 Å². The fourth-order valence-corrected chi connectivity index (χ4v) is 2.12. The zero-order valence-corrected chi connectivity index (χ0v) is 12.9. The maximum atomic E-state index is 13.0. The average molecular weight is 372 g/mol. The van der Waals surface area contributed by atoms with Gasteiger partial charge in [-0.15, -0.1) is 0 Å². The Balaban J connectivity index is 2.38. The number of carboxylic acid groups (broad SMARTS) is 1. The summed E-state index contributed by atoms with van der Waals surface area (Å²) < 4.78 is 19.4. The standard InChI is InChI=1S/C15H9BrClFO3/c16-10-3-1-9(2-6-15(19)20)14(7-10)21-13-5-4-11(18)8-12(13)17/h1-8H,(H,19,20). The number of ether oxygens (including phenoxy) is 1. The van der Waals surface area contributed by atoms with E-state index >= 15 is 0 Å². The normalized spacial score (nSPS) is 10.8. The summed E-state index contributed by atoms with van der Waals surface area (Å²) in [6.07, 6.45) is 2.41. The van der Waals surface area contributed by atoms with Crippen molar-refractivity contribution in [2.24, 2.45) is 0 Å². The van der Waals surface area contributed by atoms with Gasteiger partial charge in [-0.25, -0.2) is 9.18 Å². The van der Waals surface area contributed by atoms with Gasteiger partial charge in [0.2, 0.25) is 0 Å². The summed E-state index contributed by atoms with van der Waals surface area (Å²) in [5, 5.41) is 8.81. The Kier molecular flexibility index (Phi) is 4.98. The Morgan fingerprint density at radius 3 is 2.67 bits per heavy atom. The zero-order valence-electron chi connectivity index (χ0n) is 10.5. The van der Waals surface area contributed by atoms with E-state index in [0.29, 0.717) is 11.3 Å². The molecule has 2 aromatic rings. The molecule has 0 aromatic heterocycles. The molecule has 0 bridgehead atoms. The Hall–Kier alpha value is -1.85. The van der Waals surface area contributed by atoms with E-state index in [1.807, 2.05) is 0 Å². The van der Waals surface area contributed by atoms with Gasteiger partial charge >= 0.3 is 5.97 Å². The van der Waals surface area contributed by atoms with Crippen molar-refractivity contribution in [3.8, 4) is 11.5 Å². The zero-order chi connectivity index (χ0) is 15.4. The largest absolute Gasteiger partial charge is 0.478 e. The summed E-state index contributed by atoms with van der Waals surface area (Å²) in [6, 6.07) is 8.88. The van der Waals surface area contributed by atoms with Gasteiger partial charge < -0.3 is 9.84 Å². The first-order valence-corrected chi connectivity index (χ1v) is 6.96. The molecule has 0 saturated heterocycles. The van der Waals surface area contributed by atoms with Crippen LogP contribution in [0, 0.1) is 5.82 Å². The number of aliphatic carboxylic acids is 1. The van der Waals surface area contributed by atoms with E-state index in [4.69, 9.17) is 21.4 Å². The summed E-state index contributed by atoms with van der Waals surface area (Å²) in [4.78, 5) is 10.6. The fraction of sp³-hybridized carbons (Fsp3) is 0. The van der Waals surface area contributed by atoms with Crippen LogP contribution >= 0.6 is 27.5 Å². The summed E-state index contributed by atoms with van der Waals surface area (Å²) >= 11 is 9.22. The summed E-state index contributed by atoms with van der Waals surface area (Å²) in [6.45, 7) is 0. The van der Waals surface area contributed by atoms with Crippen LogP contribution in [-0.2, 0) is 4.79 Å². The molecule has 2 aromatic carbocycles. The second-order valence-electron chi connectivity index (χ2n) is 4.03. The molecule has 2 rings (SSSR count). The number of hydrogen-bond acceptors (Lipinski definition) is 2. The minimum atomic E-state index is -1.07. The Bertz CT molecular complexity index is 716. The van der Waals surface area contributed by atoms with E-state index in [-0.39, 0.29) is 10.8 Å². The lowest BCUT2D eigenvalue weighted by atomic mass is 10.2. The van der Waals surface area contributed by atoms with Gasteiger partial charge in [-0.3, -0.25) is 0 Å². The SMILES string of the molecule is O=C(O)C=Cc1ccc(Br)cc1Oc1ccc(F)cc1Cl. The van der Waals surface area contributed by atoms with Crippen molar-refractivity contribution in [3.63, 3.8) is 0 Å². The third kappa shape index (κ3) is 4.31. The number of halogens is 3. The molecule has 0 amide bonds. The summed E-state index contributed by atoms with van der Waals surface area (Å²) in [5.41, 5.74) is 0.556. The molecule has 0 unspecified atom stereocenters. The molecule has 0 aliphatic carbocycles. The van der Waals surface area contributed by atoms with Crippen LogP contribution < -0.4 is 4.74 Å². The molecule has 0 saturated carbocycles. The maximum absolute atomic E-state index is 13.0. The van der Waals surface area contributed by atoms with Gasteiger partial charge in [-0.05, 0) is 36.4 Å². The van der Waals surface area contributed by atoms with Crippen LogP contribution in [-0.4, -0.2) is 11.1 Å². The quantitative estimate of drug-likeness (QED) is 0.758. The molecule has 0 spiro atoms. The molecule has 0 heterocycles. The van der Waals surface area contributed by atoms with Gasteiger partial charge in [-0.1, -0.05) is 33.6 Å². The monoisotopic (exact) mass is 370 g/mol. The van der Waals surface area contributed by atoms with E-state index in [0.717, 1.165) is 16.6 Å². The van der Waals surface area contributed by atoms with Crippen LogP contribution in [0.5, 0.6) is 11.5 Å². The number of benzene rings is 2. The van der Waals surface area contributed by atoms with E-state index in [1.54, 1.807) is 18.2 Å². The third-order valence-corrected chi connectivity index (χ3v) is 3.28. The highest BCUT2D eigenvalue weighted by Crippen LogP contribution is 2.33. The lowest BCUT2D eigenvalue weighted by Gasteiger charge is -2.11. The molecule has 0 fully saturated rings. The number of carboxylic acids is 1. The molecule has 0 atom stereocenters. The predicted molar refractivity (Wildman–Crippen MR) is 82.3 cm³/mol. The maximum Gasteiger partial charge on any atom is 0.328 e. The minimum Gasteiger partial charge on any atom is -0.478 e. The number of carbonyl (C=O) groups is 1. The van der Waals surface area contributed by atoms with E-state index < -0.39 is 11.8 Å². The van der Waals surface area contributed by atoms with Crippen molar-refractivity contribution in [2.75, 3.05) is 0 Å². The van der Waals surface area contributed by atoms with Crippen molar-refractivity contribution in [1.82, 2.24) is 0 Å². The van der Waals surface area contributed by atoms with E-state index in [9.17, 15) is 9.18 Å². The first-order chi connectivity index (χ1) is 9.95. The average Bonchev–Trinajstić information content (AvgIpc) is 2.41. The molecule has 108 valence electrons. The third-order valence-electron chi connectivity index (χ3n) is 2.49. The molecule has 21 heavy (non-hydrogen) atoms. The Morgan fingerprint density at radius 2 is 2.00 bits per heavy atom. The molecule has 0 radical (unpaired) electrons. The highest BCUT2D eigenvalue weighted by molar-refractivity contribution is 9.10.